The van der Waals surface area contributed by atoms with Gasteiger partial charge in [0.1, 0.15) is 22.4 Å². The summed E-state index contributed by atoms with van der Waals surface area (Å²) in [4.78, 5) is 0. The third-order valence-electron chi connectivity index (χ3n) is 13.0. The lowest BCUT2D eigenvalue weighted by Gasteiger charge is -2.18. The van der Waals surface area contributed by atoms with Crippen molar-refractivity contribution in [2.45, 2.75) is 91.9 Å². The van der Waals surface area contributed by atoms with Gasteiger partial charge in [-0.15, -0.1) is 0 Å². The van der Waals surface area contributed by atoms with Crippen LogP contribution < -0.4 is 0 Å². The summed E-state index contributed by atoms with van der Waals surface area (Å²) in [5, 5.41) is 14.3. The van der Waals surface area contributed by atoms with Gasteiger partial charge in [0.25, 0.3) is 0 Å². The number of hydrogen-bond acceptors (Lipinski definition) is 5. The van der Waals surface area contributed by atoms with E-state index in [0.29, 0.717) is 22.9 Å². The molecule has 302 valence electrons. The van der Waals surface area contributed by atoms with Crippen LogP contribution in [0.15, 0.2) is 135 Å². The molecule has 1 aliphatic rings. The summed E-state index contributed by atoms with van der Waals surface area (Å²) in [6.45, 7) is 9.24. The third-order valence-corrected chi connectivity index (χ3v) is 13.6. The van der Waals surface area contributed by atoms with Gasteiger partial charge in [-0.2, -0.15) is 8.73 Å². The lowest BCUT2D eigenvalue weighted by Crippen LogP contribution is -2.04. The highest BCUT2D eigenvalue weighted by molar-refractivity contribution is 7.58. The molecule has 0 spiro atoms. The highest BCUT2D eigenvalue weighted by Gasteiger charge is 2.27. The van der Waals surface area contributed by atoms with Gasteiger partial charge in [0.2, 0.25) is 0 Å². The van der Waals surface area contributed by atoms with Crippen molar-refractivity contribution < 1.29 is 4.63 Å². The molecule has 8 aromatic rings. The Morgan fingerprint density at radius 3 is 1.27 bits per heavy atom. The van der Waals surface area contributed by atoms with Gasteiger partial charge >= 0.3 is 0 Å². The van der Waals surface area contributed by atoms with Crippen LogP contribution in [0.3, 0.4) is 0 Å². The average Bonchev–Trinajstić information content (AvgIpc) is 3.99. The first-order valence-electron chi connectivity index (χ1n) is 22.2. The fourth-order valence-corrected chi connectivity index (χ4v) is 10.1. The molecule has 60 heavy (non-hydrogen) atoms. The third kappa shape index (κ3) is 7.62. The maximum Gasteiger partial charge on any atom is 0.146 e. The summed E-state index contributed by atoms with van der Waals surface area (Å²) >= 11 is 1.22. The summed E-state index contributed by atoms with van der Waals surface area (Å²) in [6, 6.07) is 44.7. The van der Waals surface area contributed by atoms with Crippen molar-refractivity contribution in [1.82, 2.24) is 10.3 Å². The summed E-state index contributed by atoms with van der Waals surface area (Å²) in [5.74, 6) is 1.43. The number of unbranched alkanes of at least 4 members (excludes halogenated alkanes) is 2. The lowest BCUT2D eigenvalue weighted by atomic mass is 9.87. The molecule has 7 aromatic carbocycles. The second kappa shape index (κ2) is 17.9. The minimum absolute atomic E-state index is 0.691. The number of hydrogen-bond donors (Lipinski definition) is 0. The Hall–Kier alpha value is -5.72. The van der Waals surface area contributed by atoms with Crippen LogP contribution in [-0.2, 0) is 24.2 Å². The van der Waals surface area contributed by atoms with Gasteiger partial charge in [0, 0.05) is 11.1 Å². The van der Waals surface area contributed by atoms with E-state index in [4.69, 9.17) is 13.4 Å². The van der Waals surface area contributed by atoms with Crippen LogP contribution >= 0.6 is 0 Å². The first-order chi connectivity index (χ1) is 29.6. The van der Waals surface area contributed by atoms with Gasteiger partial charge in [-0.1, -0.05) is 200 Å². The van der Waals surface area contributed by atoms with E-state index in [1.165, 1.54) is 118 Å². The Morgan fingerprint density at radius 2 is 0.867 bits per heavy atom. The molecule has 2 heterocycles. The Bertz CT molecular complexity index is 2680. The van der Waals surface area contributed by atoms with Crippen molar-refractivity contribution in [3.8, 4) is 44.5 Å². The van der Waals surface area contributed by atoms with E-state index < -0.39 is 0 Å². The molecule has 2 unspecified atom stereocenters. The van der Waals surface area contributed by atoms with Crippen LogP contribution in [0, 0.1) is 11.8 Å². The highest BCUT2D eigenvalue weighted by Crippen LogP contribution is 2.52. The quantitative estimate of drug-likeness (QED) is 0.0977. The van der Waals surface area contributed by atoms with Crippen molar-refractivity contribution in [3.05, 3.63) is 132 Å². The fourth-order valence-electron chi connectivity index (χ4n) is 9.53. The van der Waals surface area contributed by atoms with E-state index in [-0.39, 0.29) is 0 Å². The predicted molar refractivity (Wildman–Crippen MR) is 254 cm³/mol. The van der Waals surface area contributed by atoms with Crippen LogP contribution in [0.4, 0.5) is 11.4 Å². The van der Waals surface area contributed by atoms with Crippen molar-refractivity contribution >= 4 is 55.3 Å². The smallest absolute Gasteiger partial charge is 0.146 e. The molecule has 1 aliphatic heterocycles. The molecule has 0 fully saturated rings. The summed E-state index contributed by atoms with van der Waals surface area (Å²) in [7, 11) is 0. The predicted octanol–water partition coefficient (Wildman–Crippen LogP) is 16.4. The molecule has 2 atom stereocenters. The van der Waals surface area contributed by atoms with Crippen LogP contribution in [0.5, 0.6) is 0 Å². The van der Waals surface area contributed by atoms with Gasteiger partial charge in [0.05, 0.1) is 11.4 Å². The average molecular weight is 807 g/mol. The standard InChI is InChI=1S/C54H54N4OS/c1-5-9-15-35(7-3)33-41-29-31-45(47-19-13-11-17-43(41)47)37-21-25-39(26-22-37)49-51-52(56-59-55-51)50(54-53(49)57-60-58-54)40-27-23-38(24-28-40)46-32-30-42(34-36(8-4)16-10-6-2)44-18-12-14-20-48(44)46/h11-14,17-32,35-36H,5-10,15-16,33-34H2,1-4H3. The van der Waals surface area contributed by atoms with Gasteiger partial charge in [-0.05, 0) is 101 Å². The first-order valence-corrected chi connectivity index (χ1v) is 23.0. The largest absolute Gasteiger partial charge is 0.243 e. The van der Waals surface area contributed by atoms with Crippen molar-refractivity contribution in [3.63, 3.8) is 0 Å². The molecular formula is C54H54N4OS. The minimum atomic E-state index is 0.691. The van der Waals surface area contributed by atoms with Gasteiger partial charge in [-0.25, -0.2) is 4.63 Å². The van der Waals surface area contributed by atoms with Crippen LogP contribution in [0.25, 0.3) is 77.1 Å². The van der Waals surface area contributed by atoms with E-state index in [0.717, 1.165) is 46.5 Å². The number of nitrogens with zero attached hydrogens (tertiary/aromatic N) is 4. The SMILES string of the molecule is CCCCC(CC)Cc1ccc(-c2ccc(-c3c4c(c(-c5ccc(-c6ccc(CC(CC)CCCC)c7ccccc67)cc5)c5nonc35)N=S=N4)cc2)c2ccccc12. The molecule has 0 amide bonds. The van der Waals surface area contributed by atoms with E-state index in [9.17, 15) is 0 Å². The molecule has 0 N–H and O–H groups in total. The second-order valence-corrected chi connectivity index (χ2v) is 17.2. The van der Waals surface area contributed by atoms with E-state index >= 15 is 0 Å². The molecule has 0 radical (unpaired) electrons. The van der Waals surface area contributed by atoms with Crippen LogP contribution in [0.1, 0.15) is 90.2 Å². The van der Waals surface area contributed by atoms with Crippen molar-refractivity contribution in [2.75, 3.05) is 0 Å². The van der Waals surface area contributed by atoms with Crippen LogP contribution in [-0.4, -0.2) is 10.3 Å². The zero-order valence-corrected chi connectivity index (χ0v) is 36.2. The van der Waals surface area contributed by atoms with Crippen molar-refractivity contribution in [1.29, 1.82) is 0 Å². The zero-order valence-electron chi connectivity index (χ0n) is 35.4. The number of benzene rings is 7. The van der Waals surface area contributed by atoms with E-state index in [2.05, 4.69) is 159 Å². The molecule has 1 aromatic heterocycles. The Morgan fingerprint density at radius 1 is 0.467 bits per heavy atom. The topological polar surface area (TPSA) is 63.6 Å². The normalized spacial score (nSPS) is 13.3. The molecule has 0 saturated carbocycles. The monoisotopic (exact) mass is 806 g/mol. The number of aromatic nitrogens is 2. The minimum Gasteiger partial charge on any atom is -0.243 e. The van der Waals surface area contributed by atoms with Gasteiger partial charge in [0.15, 0.2) is 0 Å². The van der Waals surface area contributed by atoms with Crippen LogP contribution in [0.2, 0.25) is 0 Å². The molecular weight excluding hydrogens is 753 g/mol. The molecule has 0 saturated heterocycles. The van der Waals surface area contributed by atoms with E-state index in [1.54, 1.807) is 0 Å². The fraction of sp³-hybridized carbons (Fsp3) is 0.296. The second-order valence-electron chi connectivity index (χ2n) is 16.7. The maximum atomic E-state index is 5.50. The number of fused-ring (bicyclic) bond motifs is 4. The Kier molecular flexibility index (Phi) is 11.8. The Labute approximate surface area is 358 Å². The van der Waals surface area contributed by atoms with Gasteiger partial charge in [-0.3, -0.25) is 0 Å². The summed E-state index contributed by atoms with van der Waals surface area (Å²) < 4.78 is 15.2. The molecule has 0 aliphatic carbocycles. The highest BCUT2D eigenvalue weighted by atomic mass is 32.1. The molecule has 6 heteroatoms. The first kappa shape index (κ1) is 39.7. The zero-order chi connectivity index (χ0) is 41.0. The molecule has 9 rings (SSSR count). The summed E-state index contributed by atoms with van der Waals surface area (Å²) in [5.41, 5.74) is 14.5. The molecule has 0 bridgehead atoms. The maximum absolute atomic E-state index is 5.50. The van der Waals surface area contributed by atoms with Gasteiger partial charge < -0.3 is 0 Å². The summed E-state index contributed by atoms with van der Waals surface area (Å²) in [6.07, 6.45) is 12.3. The van der Waals surface area contributed by atoms with Crippen molar-refractivity contribution in [2.24, 2.45) is 20.6 Å². The molecule has 5 nitrogen and oxygen atoms in total. The Balaban J connectivity index is 1.04. The van der Waals surface area contributed by atoms with E-state index in [1.807, 2.05) is 0 Å². The number of rotatable bonds is 16. The lowest BCUT2D eigenvalue weighted by molar-refractivity contribution is 0.315.